The second kappa shape index (κ2) is 6.46. The highest BCUT2D eigenvalue weighted by Crippen LogP contribution is 2.24. The molecule has 0 saturated carbocycles. The first-order chi connectivity index (χ1) is 11.1. The van der Waals surface area contributed by atoms with Gasteiger partial charge in [0.25, 0.3) is 0 Å². The molecule has 130 valence electrons. The smallest absolute Gasteiger partial charge is 0.408 e. The maximum absolute atomic E-state index is 13.7. The van der Waals surface area contributed by atoms with Gasteiger partial charge in [-0.05, 0) is 38.5 Å². The molecule has 1 heterocycles. The predicted molar refractivity (Wildman–Crippen MR) is 82.7 cm³/mol. The van der Waals surface area contributed by atoms with Crippen LogP contribution in [0.3, 0.4) is 0 Å². The molecule has 2 aromatic rings. The van der Waals surface area contributed by atoms with Gasteiger partial charge in [-0.25, -0.2) is 18.4 Å². The van der Waals surface area contributed by atoms with Crippen LogP contribution in [0.4, 0.5) is 13.6 Å². The number of hydrogen-bond acceptors (Lipinski definition) is 3. The molecule has 0 fully saturated rings. The van der Waals surface area contributed by atoms with Crippen molar-refractivity contribution in [3.63, 3.8) is 0 Å². The molecule has 1 unspecified atom stereocenters. The van der Waals surface area contributed by atoms with Gasteiger partial charge in [0, 0.05) is 18.0 Å². The third-order valence-corrected chi connectivity index (χ3v) is 3.23. The van der Waals surface area contributed by atoms with Crippen molar-refractivity contribution < 1.29 is 28.2 Å². The van der Waals surface area contributed by atoms with Gasteiger partial charge in [-0.15, -0.1) is 0 Å². The van der Waals surface area contributed by atoms with Crippen molar-refractivity contribution in [1.29, 1.82) is 0 Å². The minimum atomic E-state index is -1.35. The quantitative estimate of drug-likeness (QED) is 0.798. The van der Waals surface area contributed by atoms with Crippen molar-refractivity contribution in [3.8, 4) is 0 Å². The van der Waals surface area contributed by atoms with Gasteiger partial charge < -0.3 is 20.1 Å². The van der Waals surface area contributed by atoms with E-state index in [2.05, 4.69) is 10.3 Å². The molecule has 0 bridgehead atoms. The van der Waals surface area contributed by atoms with Crippen molar-refractivity contribution in [2.24, 2.45) is 0 Å². The molecular formula is C16H18F2N2O4. The Hall–Kier alpha value is -2.64. The average Bonchev–Trinajstić information content (AvgIpc) is 2.91. The number of carboxylic acid groups (broad SMARTS) is 1. The van der Waals surface area contributed by atoms with Crippen LogP contribution in [-0.2, 0) is 16.0 Å². The second-order valence-electron chi connectivity index (χ2n) is 6.34. The second-order valence-corrected chi connectivity index (χ2v) is 6.34. The van der Waals surface area contributed by atoms with Crippen LogP contribution in [0.1, 0.15) is 26.3 Å². The topological polar surface area (TPSA) is 91.4 Å². The number of aliphatic carboxylic acids is 1. The number of hydrogen-bond donors (Lipinski definition) is 3. The number of ether oxygens (including phenoxy) is 1. The molecule has 8 heteroatoms. The Bertz CT molecular complexity index is 780. The highest BCUT2D eigenvalue weighted by atomic mass is 19.2. The maximum atomic E-state index is 13.7. The van der Waals surface area contributed by atoms with Gasteiger partial charge in [0.2, 0.25) is 0 Å². The SMILES string of the molecule is CC(C)(C)OC(=O)NC(Cc1cc(F)c(F)c2cc[nH]c12)C(=O)O. The van der Waals surface area contributed by atoms with E-state index in [1.54, 1.807) is 20.8 Å². The van der Waals surface area contributed by atoms with Crippen LogP contribution in [-0.4, -0.2) is 33.8 Å². The van der Waals surface area contributed by atoms with E-state index in [-0.39, 0.29) is 22.9 Å². The van der Waals surface area contributed by atoms with Crippen LogP contribution in [0, 0.1) is 11.6 Å². The number of fused-ring (bicyclic) bond motifs is 1. The number of H-pyrrole nitrogens is 1. The molecule has 2 rings (SSSR count). The number of aromatic nitrogens is 1. The molecular weight excluding hydrogens is 322 g/mol. The molecule has 1 amide bonds. The Morgan fingerprint density at radius 1 is 1.38 bits per heavy atom. The fraction of sp³-hybridized carbons (Fsp3) is 0.375. The molecule has 3 N–H and O–H groups in total. The molecule has 0 spiro atoms. The summed E-state index contributed by atoms with van der Waals surface area (Å²) in [7, 11) is 0. The standard InChI is InChI=1S/C16H18F2N2O4/c1-16(2,3)24-15(23)20-11(14(21)22)7-8-6-10(17)12(18)9-4-5-19-13(8)9/h4-6,11,19H,7H2,1-3H3,(H,20,23)(H,21,22). The summed E-state index contributed by atoms with van der Waals surface area (Å²) in [6.45, 7) is 4.92. The number of benzene rings is 1. The lowest BCUT2D eigenvalue weighted by molar-refractivity contribution is -0.139. The highest BCUT2D eigenvalue weighted by molar-refractivity contribution is 5.85. The molecule has 6 nitrogen and oxygen atoms in total. The van der Waals surface area contributed by atoms with E-state index < -0.39 is 35.3 Å². The molecule has 0 aliphatic carbocycles. The molecule has 0 aliphatic heterocycles. The molecule has 1 aromatic carbocycles. The number of carbonyl (C=O) groups excluding carboxylic acids is 1. The summed E-state index contributed by atoms with van der Waals surface area (Å²) in [4.78, 5) is 25.9. The zero-order valence-electron chi connectivity index (χ0n) is 13.4. The summed E-state index contributed by atoms with van der Waals surface area (Å²) in [6, 6.07) is 0.922. The first kappa shape index (κ1) is 17.7. The summed E-state index contributed by atoms with van der Waals surface area (Å²) < 4.78 is 32.4. The van der Waals surface area contributed by atoms with Crippen LogP contribution in [0.25, 0.3) is 10.9 Å². The minimum Gasteiger partial charge on any atom is -0.480 e. The molecule has 1 aromatic heterocycles. The fourth-order valence-corrected chi connectivity index (χ4v) is 2.27. The Labute approximate surface area is 136 Å². The number of amides is 1. The third-order valence-electron chi connectivity index (χ3n) is 3.23. The van der Waals surface area contributed by atoms with Gasteiger partial charge in [-0.2, -0.15) is 0 Å². The van der Waals surface area contributed by atoms with E-state index in [9.17, 15) is 23.5 Å². The van der Waals surface area contributed by atoms with Crippen LogP contribution >= 0.6 is 0 Å². The van der Waals surface area contributed by atoms with E-state index >= 15 is 0 Å². The lowest BCUT2D eigenvalue weighted by atomic mass is 10.0. The largest absolute Gasteiger partial charge is 0.480 e. The Balaban J connectivity index is 2.26. The lowest BCUT2D eigenvalue weighted by Gasteiger charge is -2.22. The number of nitrogens with one attached hydrogen (secondary N) is 2. The van der Waals surface area contributed by atoms with E-state index in [0.717, 1.165) is 6.07 Å². The monoisotopic (exact) mass is 340 g/mol. The molecule has 0 saturated heterocycles. The van der Waals surface area contributed by atoms with Crippen molar-refractivity contribution in [1.82, 2.24) is 10.3 Å². The first-order valence-corrected chi connectivity index (χ1v) is 7.25. The first-order valence-electron chi connectivity index (χ1n) is 7.25. The van der Waals surface area contributed by atoms with Crippen molar-refractivity contribution in [2.45, 2.75) is 38.8 Å². The fourth-order valence-electron chi connectivity index (χ4n) is 2.27. The maximum Gasteiger partial charge on any atom is 0.408 e. The van der Waals surface area contributed by atoms with Gasteiger partial charge in [0.15, 0.2) is 11.6 Å². The van der Waals surface area contributed by atoms with Gasteiger partial charge in [0.1, 0.15) is 11.6 Å². The number of carboxylic acids is 1. The van der Waals surface area contributed by atoms with Gasteiger partial charge >= 0.3 is 12.1 Å². The Morgan fingerprint density at radius 2 is 2.04 bits per heavy atom. The zero-order chi connectivity index (χ0) is 18.1. The van der Waals surface area contributed by atoms with E-state index in [1.807, 2.05) is 0 Å². The van der Waals surface area contributed by atoms with Crippen molar-refractivity contribution >= 4 is 23.0 Å². The summed E-state index contributed by atoms with van der Waals surface area (Å²) in [5, 5.41) is 11.5. The predicted octanol–water partition coefficient (Wildman–Crippen LogP) is 2.97. The summed E-state index contributed by atoms with van der Waals surface area (Å²) in [6.07, 6.45) is 0.288. The molecule has 24 heavy (non-hydrogen) atoms. The molecule has 0 radical (unpaired) electrons. The van der Waals surface area contributed by atoms with Crippen LogP contribution in [0.2, 0.25) is 0 Å². The molecule has 0 aliphatic rings. The van der Waals surface area contributed by atoms with E-state index in [4.69, 9.17) is 4.74 Å². The summed E-state index contributed by atoms with van der Waals surface area (Å²) in [5.74, 6) is -3.41. The van der Waals surface area contributed by atoms with E-state index in [0.29, 0.717) is 0 Å². The van der Waals surface area contributed by atoms with Crippen LogP contribution < -0.4 is 5.32 Å². The Kier molecular flexibility index (Phi) is 4.77. The minimum absolute atomic E-state index is 0.0198. The zero-order valence-corrected chi connectivity index (χ0v) is 13.4. The average molecular weight is 340 g/mol. The van der Waals surface area contributed by atoms with Gasteiger partial charge in [0.05, 0.1) is 5.52 Å². The number of halogens is 2. The van der Waals surface area contributed by atoms with Gasteiger partial charge in [-0.3, -0.25) is 0 Å². The van der Waals surface area contributed by atoms with Gasteiger partial charge in [-0.1, -0.05) is 0 Å². The number of rotatable bonds is 4. The number of aromatic amines is 1. The van der Waals surface area contributed by atoms with Crippen molar-refractivity contribution in [2.75, 3.05) is 0 Å². The summed E-state index contributed by atoms with van der Waals surface area (Å²) >= 11 is 0. The normalized spacial score (nSPS) is 12.9. The molecule has 1 atom stereocenters. The number of carbonyl (C=O) groups is 2. The lowest BCUT2D eigenvalue weighted by Crippen LogP contribution is -2.44. The summed E-state index contributed by atoms with van der Waals surface area (Å²) in [5.41, 5.74) is -0.273. The van der Waals surface area contributed by atoms with Crippen molar-refractivity contribution in [3.05, 3.63) is 35.5 Å². The van der Waals surface area contributed by atoms with E-state index in [1.165, 1.54) is 12.3 Å². The van der Waals surface area contributed by atoms with Crippen LogP contribution in [0.5, 0.6) is 0 Å². The van der Waals surface area contributed by atoms with Crippen LogP contribution in [0.15, 0.2) is 18.3 Å². The third kappa shape index (κ3) is 4.01. The Morgan fingerprint density at radius 3 is 2.62 bits per heavy atom. The number of alkyl carbamates (subject to hydrolysis) is 1. The highest BCUT2D eigenvalue weighted by Gasteiger charge is 2.26.